The predicted molar refractivity (Wildman–Crippen MR) is 55.3 cm³/mol. The first-order valence-corrected chi connectivity index (χ1v) is 4.83. The summed E-state index contributed by atoms with van der Waals surface area (Å²) in [4.78, 5) is 19.1. The number of carbonyl (C=O) groups excluding carboxylic acids is 1. The number of aromatic nitrogens is 3. The quantitative estimate of drug-likeness (QED) is 0.624. The fourth-order valence-electron chi connectivity index (χ4n) is 1.56. The van der Waals surface area contributed by atoms with Crippen molar-refractivity contribution in [1.29, 1.82) is 0 Å². The van der Waals surface area contributed by atoms with Gasteiger partial charge in [0.05, 0.1) is 6.54 Å². The van der Waals surface area contributed by atoms with Crippen LogP contribution in [0.5, 0.6) is 0 Å². The summed E-state index contributed by atoms with van der Waals surface area (Å²) < 4.78 is 0. The van der Waals surface area contributed by atoms with Gasteiger partial charge in [0, 0.05) is 20.1 Å². The number of nitrogen functional groups attached to an aromatic ring is 1. The summed E-state index contributed by atoms with van der Waals surface area (Å²) in [6, 6.07) is 0. The van der Waals surface area contributed by atoms with Crippen molar-refractivity contribution in [2.75, 3.05) is 37.3 Å². The third-order valence-electron chi connectivity index (χ3n) is 2.45. The average Bonchev–Trinajstić information content (AvgIpc) is 2.55. The molecule has 7 nitrogen and oxygen atoms in total. The highest BCUT2D eigenvalue weighted by atomic mass is 16.2. The number of hydrogen-bond acceptors (Lipinski definition) is 5. The largest absolute Gasteiger partial charge is 0.368 e. The summed E-state index contributed by atoms with van der Waals surface area (Å²) >= 11 is 0. The van der Waals surface area contributed by atoms with E-state index in [-0.39, 0.29) is 11.9 Å². The molecule has 2 rings (SSSR count). The van der Waals surface area contributed by atoms with Crippen molar-refractivity contribution in [2.45, 2.75) is 6.42 Å². The number of nitrogens with zero attached hydrogens (tertiary/aromatic N) is 4. The van der Waals surface area contributed by atoms with Gasteiger partial charge < -0.3 is 15.5 Å². The maximum absolute atomic E-state index is 11.6. The van der Waals surface area contributed by atoms with Gasteiger partial charge in [0.1, 0.15) is 0 Å². The molecule has 3 N–H and O–H groups in total. The van der Waals surface area contributed by atoms with Crippen LogP contribution in [0, 0.1) is 0 Å². The van der Waals surface area contributed by atoms with Crippen LogP contribution in [-0.4, -0.2) is 52.7 Å². The van der Waals surface area contributed by atoms with Crippen molar-refractivity contribution in [3.8, 4) is 0 Å². The molecule has 15 heavy (non-hydrogen) atoms. The third-order valence-corrected chi connectivity index (χ3v) is 2.45. The van der Waals surface area contributed by atoms with Crippen molar-refractivity contribution in [1.82, 2.24) is 20.1 Å². The lowest BCUT2D eigenvalue weighted by molar-refractivity contribution is -0.127. The number of nitrogens with one attached hydrogen (secondary N) is 1. The minimum Gasteiger partial charge on any atom is -0.368 e. The van der Waals surface area contributed by atoms with E-state index in [2.05, 4.69) is 15.2 Å². The van der Waals surface area contributed by atoms with Crippen molar-refractivity contribution >= 4 is 17.8 Å². The summed E-state index contributed by atoms with van der Waals surface area (Å²) in [5.74, 6) is 0.849. The van der Waals surface area contributed by atoms with Gasteiger partial charge in [-0.15, -0.1) is 5.10 Å². The fraction of sp³-hybridized carbons (Fsp3) is 0.625. The molecule has 1 aromatic heterocycles. The second-order valence-electron chi connectivity index (χ2n) is 3.61. The molecule has 1 aromatic rings. The van der Waals surface area contributed by atoms with Gasteiger partial charge in [0.2, 0.25) is 17.8 Å². The van der Waals surface area contributed by atoms with Crippen molar-refractivity contribution in [3.05, 3.63) is 0 Å². The van der Waals surface area contributed by atoms with Crippen LogP contribution in [0.1, 0.15) is 6.42 Å². The molecule has 0 unspecified atom stereocenters. The molecular formula is C8H14N6O. The molecule has 0 saturated carbocycles. The average molecular weight is 210 g/mol. The monoisotopic (exact) mass is 210 g/mol. The number of anilines is 2. The van der Waals surface area contributed by atoms with Crippen molar-refractivity contribution in [2.24, 2.45) is 0 Å². The summed E-state index contributed by atoms with van der Waals surface area (Å²) in [6.07, 6.45) is 0.913. The zero-order valence-electron chi connectivity index (χ0n) is 8.60. The van der Waals surface area contributed by atoms with Crippen molar-refractivity contribution in [3.63, 3.8) is 0 Å². The topological polar surface area (TPSA) is 91.1 Å². The van der Waals surface area contributed by atoms with Crippen LogP contribution in [0.3, 0.4) is 0 Å². The van der Waals surface area contributed by atoms with Gasteiger partial charge in [-0.2, -0.15) is 4.98 Å². The van der Waals surface area contributed by atoms with Gasteiger partial charge in [-0.25, -0.2) is 5.10 Å². The van der Waals surface area contributed by atoms with E-state index < -0.39 is 0 Å². The normalized spacial score (nSPS) is 18.1. The van der Waals surface area contributed by atoms with Gasteiger partial charge in [0.15, 0.2) is 0 Å². The van der Waals surface area contributed by atoms with Crippen molar-refractivity contribution < 1.29 is 4.79 Å². The summed E-state index contributed by atoms with van der Waals surface area (Å²) in [7, 11) is 1.80. The van der Waals surface area contributed by atoms with E-state index in [4.69, 9.17) is 5.73 Å². The van der Waals surface area contributed by atoms with Gasteiger partial charge in [-0.3, -0.25) is 4.79 Å². The molecular weight excluding hydrogens is 196 g/mol. The molecule has 82 valence electrons. The third kappa shape index (κ3) is 2.00. The molecule has 0 bridgehead atoms. The zero-order chi connectivity index (χ0) is 10.8. The van der Waals surface area contributed by atoms with Crippen LogP contribution < -0.4 is 10.6 Å². The Labute approximate surface area is 87.3 Å². The van der Waals surface area contributed by atoms with Crippen LogP contribution >= 0.6 is 0 Å². The number of likely N-dealkylation sites (N-methyl/N-ethyl adjacent to an activating group) is 1. The molecule has 0 radical (unpaired) electrons. The van der Waals surface area contributed by atoms with E-state index in [1.165, 1.54) is 0 Å². The number of H-pyrrole nitrogens is 1. The van der Waals surface area contributed by atoms with Crippen LogP contribution in [0.4, 0.5) is 11.9 Å². The molecule has 1 saturated heterocycles. The molecule has 0 aromatic carbocycles. The molecule has 0 spiro atoms. The molecule has 1 aliphatic heterocycles. The lowest BCUT2D eigenvalue weighted by Crippen LogP contribution is -2.34. The Kier molecular flexibility index (Phi) is 2.44. The van der Waals surface area contributed by atoms with E-state index in [0.29, 0.717) is 12.5 Å². The number of amides is 1. The Bertz CT molecular complexity index is 362. The molecule has 7 heteroatoms. The SMILES string of the molecule is CN1CCCN(c2n[nH]c(N)n2)CC1=O. The Morgan fingerprint density at radius 1 is 1.47 bits per heavy atom. The molecule has 2 heterocycles. The number of rotatable bonds is 1. The maximum Gasteiger partial charge on any atom is 0.246 e. The van der Waals surface area contributed by atoms with E-state index >= 15 is 0 Å². The Balaban J connectivity index is 2.13. The minimum atomic E-state index is 0.0795. The lowest BCUT2D eigenvalue weighted by atomic mass is 10.4. The van der Waals surface area contributed by atoms with Gasteiger partial charge >= 0.3 is 0 Å². The first-order chi connectivity index (χ1) is 7.16. The maximum atomic E-state index is 11.6. The first kappa shape index (κ1) is 9.75. The highest BCUT2D eigenvalue weighted by Gasteiger charge is 2.21. The smallest absolute Gasteiger partial charge is 0.246 e. The van der Waals surface area contributed by atoms with Gasteiger partial charge in [-0.05, 0) is 6.42 Å². The minimum absolute atomic E-state index is 0.0795. The molecule has 1 aliphatic rings. The van der Waals surface area contributed by atoms with E-state index in [9.17, 15) is 4.79 Å². The summed E-state index contributed by atoms with van der Waals surface area (Å²) in [5.41, 5.74) is 5.44. The number of carbonyl (C=O) groups is 1. The number of nitrogens with two attached hydrogens (primary N) is 1. The van der Waals surface area contributed by atoms with Crippen LogP contribution in [0.15, 0.2) is 0 Å². The summed E-state index contributed by atoms with van der Waals surface area (Å²) in [5, 5.41) is 6.50. The number of hydrogen-bond donors (Lipinski definition) is 2. The fourth-order valence-corrected chi connectivity index (χ4v) is 1.56. The summed E-state index contributed by atoms with van der Waals surface area (Å²) in [6.45, 7) is 1.86. The lowest BCUT2D eigenvalue weighted by Gasteiger charge is -2.17. The Morgan fingerprint density at radius 2 is 2.27 bits per heavy atom. The molecule has 1 amide bonds. The van der Waals surface area contributed by atoms with Gasteiger partial charge in [-0.1, -0.05) is 0 Å². The standard InChI is InChI=1S/C8H14N6O/c1-13-3-2-4-14(5-6(13)15)8-10-7(9)11-12-8/h2-5H2,1H3,(H3,9,10,11,12). The Hall–Kier alpha value is -1.79. The highest BCUT2D eigenvalue weighted by molar-refractivity contribution is 5.81. The first-order valence-electron chi connectivity index (χ1n) is 4.83. The molecule has 0 atom stereocenters. The second-order valence-corrected chi connectivity index (χ2v) is 3.61. The number of aromatic amines is 1. The van der Waals surface area contributed by atoms with E-state index in [1.807, 2.05) is 4.90 Å². The predicted octanol–water partition coefficient (Wildman–Crippen LogP) is -0.945. The molecule has 1 fully saturated rings. The highest BCUT2D eigenvalue weighted by Crippen LogP contribution is 2.11. The zero-order valence-corrected chi connectivity index (χ0v) is 8.60. The van der Waals surface area contributed by atoms with Crippen LogP contribution in [0.2, 0.25) is 0 Å². The van der Waals surface area contributed by atoms with Crippen LogP contribution in [0.25, 0.3) is 0 Å². The van der Waals surface area contributed by atoms with Gasteiger partial charge in [0.25, 0.3) is 0 Å². The van der Waals surface area contributed by atoms with E-state index in [1.54, 1.807) is 11.9 Å². The van der Waals surface area contributed by atoms with E-state index in [0.717, 1.165) is 19.5 Å². The second kappa shape index (κ2) is 3.76. The van der Waals surface area contributed by atoms with Crippen LogP contribution in [-0.2, 0) is 4.79 Å². The Morgan fingerprint density at radius 3 is 2.93 bits per heavy atom. The molecule has 0 aliphatic carbocycles.